The van der Waals surface area contributed by atoms with Crippen molar-refractivity contribution in [3.8, 4) is 0 Å². The minimum atomic E-state index is -1.17. The predicted octanol–water partition coefficient (Wildman–Crippen LogP) is -3.14. The van der Waals surface area contributed by atoms with Crippen molar-refractivity contribution in [2.24, 2.45) is 0 Å². The molecule has 1 rings (SSSR count). The number of aryl methyl sites for hydroxylation is 1. The average molecular weight is 210 g/mol. The first-order chi connectivity index (χ1) is 5.15. The summed E-state index contributed by atoms with van der Waals surface area (Å²) in [6.07, 6.45) is 0. The number of hydrogen-bond acceptors (Lipinski definition) is 5. The fourth-order valence-corrected chi connectivity index (χ4v) is 1.45. The van der Waals surface area contributed by atoms with Gasteiger partial charge in [-0.2, -0.15) is 0 Å². The maximum absolute atomic E-state index is 10.4. The zero-order valence-electron chi connectivity index (χ0n) is 7.17. The van der Waals surface area contributed by atoms with Gasteiger partial charge in [0.05, 0.1) is 16.5 Å². The van der Waals surface area contributed by atoms with E-state index >= 15 is 0 Å². The van der Waals surface area contributed by atoms with Gasteiger partial charge >= 0.3 is 51.4 Å². The van der Waals surface area contributed by atoms with Crippen molar-refractivity contribution >= 4 is 22.4 Å². The molecule has 0 spiro atoms. The van der Waals surface area contributed by atoms with Gasteiger partial charge in [0.15, 0.2) is 5.13 Å². The molecule has 0 atom stereocenters. The third-order valence-electron chi connectivity index (χ3n) is 1.20. The van der Waals surface area contributed by atoms with Gasteiger partial charge in [0, 0.05) is 7.05 Å². The third kappa shape index (κ3) is 2.79. The third-order valence-corrected chi connectivity index (χ3v) is 2.35. The molecular formula is C6H7KN2O2S. The van der Waals surface area contributed by atoms with E-state index in [1.807, 2.05) is 0 Å². The summed E-state index contributed by atoms with van der Waals surface area (Å²) in [6.45, 7) is 1.64. The topological polar surface area (TPSA) is 65.0 Å². The average Bonchev–Trinajstić information content (AvgIpc) is 2.30. The number of aromatic carboxylic acids is 1. The molecule has 1 N–H and O–H groups in total. The molecule has 0 aliphatic rings. The second kappa shape index (κ2) is 5.31. The molecule has 0 saturated carbocycles. The van der Waals surface area contributed by atoms with Crippen LogP contribution in [-0.4, -0.2) is 18.0 Å². The molecule has 60 valence electrons. The van der Waals surface area contributed by atoms with Crippen LogP contribution in [0.25, 0.3) is 0 Å². The van der Waals surface area contributed by atoms with Crippen LogP contribution in [0.1, 0.15) is 15.4 Å². The summed E-state index contributed by atoms with van der Waals surface area (Å²) in [4.78, 5) is 14.5. The van der Waals surface area contributed by atoms with Gasteiger partial charge in [0.25, 0.3) is 0 Å². The zero-order valence-corrected chi connectivity index (χ0v) is 11.1. The number of rotatable bonds is 2. The van der Waals surface area contributed by atoms with Gasteiger partial charge in [-0.1, -0.05) is 11.3 Å². The minimum Gasteiger partial charge on any atom is -0.544 e. The van der Waals surface area contributed by atoms with Gasteiger partial charge in [-0.15, -0.1) is 0 Å². The number of aromatic nitrogens is 1. The molecule has 0 fully saturated rings. The predicted molar refractivity (Wildman–Crippen MR) is 40.7 cm³/mol. The van der Waals surface area contributed by atoms with Crippen LogP contribution in [0, 0.1) is 6.92 Å². The van der Waals surface area contributed by atoms with Gasteiger partial charge in [-0.3, -0.25) is 0 Å². The van der Waals surface area contributed by atoms with Crippen molar-refractivity contribution in [2.75, 3.05) is 12.4 Å². The van der Waals surface area contributed by atoms with Gasteiger partial charge in [0.2, 0.25) is 0 Å². The van der Waals surface area contributed by atoms with E-state index in [9.17, 15) is 9.90 Å². The van der Waals surface area contributed by atoms with E-state index in [-0.39, 0.29) is 56.3 Å². The molecule has 1 heterocycles. The maximum Gasteiger partial charge on any atom is 1.00 e. The van der Waals surface area contributed by atoms with Crippen LogP contribution in [-0.2, 0) is 0 Å². The number of thiazole rings is 1. The quantitative estimate of drug-likeness (QED) is 0.524. The van der Waals surface area contributed by atoms with Crippen LogP contribution in [0.5, 0.6) is 0 Å². The van der Waals surface area contributed by atoms with Crippen LogP contribution in [0.15, 0.2) is 0 Å². The maximum atomic E-state index is 10.4. The van der Waals surface area contributed by atoms with Crippen LogP contribution in [0.2, 0.25) is 0 Å². The Morgan fingerprint density at radius 3 is 2.50 bits per heavy atom. The Balaban J connectivity index is 0.00000121. The van der Waals surface area contributed by atoms with E-state index in [4.69, 9.17) is 0 Å². The second-order valence-electron chi connectivity index (χ2n) is 1.97. The van der Waals surface area contributed by atoms with Crippen molar-refractivity contribution in [1.82, 2.24) is 4.98 Å². The van der Waals surface area contributed by atoms with E-state index in [0.717, 1.165) is 11.3 Å². The summed E-state index contributed by atoms with van der Waals surface area (Å²) in [6, 6.07) is 0. The number of carbonyl (C=O) groups excluding carboxylic acids is 1. The number of nitrogens with one attached hydrogen (secondary N) is 1. The Kier molecular flexibility index (Phi) is 5.54. The Morgan fingerprint density at radius 1 is 1.67 bits per heavy atom. The largest absolute Gasteiger partial charge is 1.00 e. The molecule has 4 nitrogen and oxygen atoms in total. The molecule has 0 aliphatic carbocycles. The van der Waals surface area contributed by atoms with E-state index in [0.29, 0.717) is 10.8 Å². The molecule has 1 aromatic heterocycles. The molecular weight excluding hydrogens is 203 g/mol. The number of carboxylic acid groups (broad SMARTS) is 1. The van der Waals surface area contributed by atoms with Crippen LogP contribution in [0.3, 0.4) is 0 Å². The van der Waals surface area contributed by atoms with Crippen molar-refractivity contribution in [3.63, 3.8) is 0 Å². The SMILES string of the molecule is CNc1nc(C)c(C(=O)[O-])s1.[K+]. The Morgan fingerprint density at radius 2 is 2.25 bits per heavy atom. The van der Waals surface area contributed by atoms with Gasteiger partial charge in [-0.05, 0) is 6.92 Å². The Labute approximate surface area is 117 Å². The molecule has 0 radical (unpaired) electrons. The van der Waals surface area contributed by atoms with Gasteiger partial charge in [0.1, 0.15) is 0 Å². The Bertz CT molecular complexity index is 287. The number of carbonyl (C=O) groups is 1. The summed E-state index contributed by atoms with van der Waals surface area (Å²) in [7, 11) is 1.69. The number of hydrogen-bond donors (Lipinski definition) is 1. The fraction of sp³-hybridized carbons (Fsp3) is 0.333. The Hall–Kier alpha value is 0.536. The minimum absolute atomic E-state index is 0. The molecule has 1 aromatic rings. The first-order valence-electron chi connectivity index (χ1n) is 3.01. The van der Waals surface area contributed by atoms with Crippen molar-refractivity contribution in [2.45, 2.75) is 6.92 Å². The van der Waals surface area contributed by atoms with Gasteiger partial charge in [-0.25, -0.2) is 4.98 Å². The smallest absolute Gasteiger partial charge is 0.544 e. The van der Waals surface area contributed by atoms with E-state index in [1.165, 1.54) is 0 Å². The summed E-state index contributed by atoms with van der Waals surface area (Å²) in [5.74, 6) is -1.17. The molecule has 0 aromatic carbocycles. The van der Waals surface area contributed by atoms with Crippen LogP contribution >= 0.6 is 11.3 Å². The first-order valence-corrected chi connectivity index (χ1v) is 3.83. The van der Waals surface area contributed by atoms with Crippen LogP contribution < -0.4 is 61.8 Å². The summed E-state index contributed by atoms with van der Waals surface area (Å²) in [5, 5.41) is 13.7. The second-order valence-corrected chi connectivity index (χ2v) is 2.97. The monoisotopic (exact) mass is 210 g/mol. The van der Waals surface area contributed by atoms with E-state index in [1.54, 1.807) is 14.0 Å². The molecule has 0 amide bonds. The molecule has 6 heteroatoms. The normalized spacial score (nSPS) is 8.83. The summed E-state index contributed by atoms with van der Waals surface area (Å²) >= 11 is 1.08. The molecule has 0 bridgehead atoms. The van der Waals surface area contributed by atoms with Crippen LogP contribution in [0.4, 0.5) is 5.13 Å². The van der Waals surface area contributed by atoms with Crippen molar-refractivity contribution < 1.29 is 61.3 Å². The van der Waals surface area contributed by atoms with E-state index in [2.05, 4.69) is 10.3 Å². The molecule has 0 saturated heterocycles. The molecule has 12 heavy (non-hydrogen) atoms. The number of anilines is 1. The van der Waals surface area contributed by atoms with E-state index < -0.39 is 5.97 Å². The van der Waals surface area contributed by atoms with Crippen molar-refractivity contribution in [1.29, 1.82) is 0 Å². The first kappa shape index (κ1) is 12.5. The fourth-order valence-electron chi connectivity index (χ4n) is 0.693. The van der Waals surface area contributed by atoms with Gasteiger partial charge < -0.3 is 15.2 Å². The number of carboxylic acids is 1. The van der Waals surface area contributed by atoms with Crippen molar-refractivity contribution in [3.05, 3.63) is 10.6 Å². The summed E-state index contributed by atoms with van der Waals surface area (Å²) in [5.41, 5.74) is 0.499. The number of nitrogens with zero attached hydrogens (tertiary/aromatic N) is 1. The zero-order chi connectivity index (χ0) is 8.43. The standard InChI is InChI=1S/C6H8N2O2S.K/c1-3-4(5(9)10)11-6(7-2)8-3;/h1-2H3,(H,7,8)(H,9,10);/q;+1/p-1. The molecule has 0 aliphatic heterocycles. The molecule has 0 unspecified atom stereocenters. The summed E-state index contributed by atoms with van der Waals surface area (Å²) < 4.78 is 0.